The Morgan fingerprint density at radius 3 is 2.25 bits per heavy atom. The summed E-state index contributed by atoms with van der Waals surface area (Å²) >= 11 is 0. The first-order valence-electron chi connectivity index (χ1n) is 27.5. The maximum atomic E-state index is 15.9. The van der Waals surface area contributed by atoms with Crippen LogP contribution in [0, 0.1) is 23.7 Å². The highest BCUT2D eigenvalue weighted by Gasteiger charge is 2.77. The molecule has 1 spiro atoms. The average Bonchev–Trinajstić information content (AvgIpc) is 2.93. The van der Waals surface area contributed by atoms with Crippen LogP contribution in [0.2, 0.25) is 0 Å². The van der Waals surface area contributed by atoms with Crippen LogP contribution in [0.15, 0.2) is 101 Å². The number of fused-ring (bicyclic) bond motifs is 7. The molecule has 4 heterocycles. The lowest BCUT2D eigenvalue weighted by Gasteiger charge is -2.66. The minimum absolute atomic E-state index is 0.0452. The molecule has 7 N–H and O–H groups in total. The number of ketones is 2. The quantitative estimate of drug-likeness (QED) is 0.0367. The van der Waals surface area contributed by atoms with E-state index in [0.717, 1.165) is 11.1 Å². The molecule has 0 radical (unpaired) electrons. The lowest BCUT2D eigenvalue weighted by Crippen LogP contribution is -2.78. The molecule has 17 nitrogen and oxygen atoms in total. The summed E-state index contributed by atoms with van der Waals surface area (Å²) in [7, 11) is 1.26. The molecule has 4 aliphatic carbocycles. The number of carbonyl (C=O) groups is 4. The smallest absolute Gasteiger partial charge is 0.343 e. The molecule has 1 saturated heterocycles. The van der Waals surface area contributed by atoms with E-state index in [2.05, 4.69) is 6.08 Å². The van der Waals surface area contributed by atoms with Crippen LogP contribution in [0.25, 0.3) is 17.5 Å². The molecule has 11 atom stereocenters. The van der Waals surface area contributed by atoms with Gasteiger partial charge in [0.2, 0.25) is 6.29 Å². The Bertz CT molecular complexity index is 3250. The molecule has 4 aliphatic heterocycles. The third kappa shape index (κ3) is 8.96. The van der Waals surface area contributed by atoms with Gasteiger partial charge in [-0.05, 0) is 110 Å². The summed E-state index contributed by atoms with van der Waals surface area (Å²) in [4.78, 5) is 61.3. The molecule has 6 unspecified atom stereocenters. The average molecular weight is 1100 g/mol. The van der Waals surface area contributed by atoms with Crippen molar-refractivity contribution in [3.05, 3.63) is 134 Å². The molecule has 3 saturated carbocycles. The van der Waals surface area contributed by atoms with Crippen molar-refractivity contribution >= 4 is 41.0 Å². The molecule has 8 aliphatic rings. The summed E-state index contributed by atoms with van der Waals surface area (Å²) in [5.74, 6) is -4.20. The molecule has 2 bridgehead atoms. The number of aliphatic hydroxyl groups is 5. The van der Waals surface area contributed by atoms with Crippen LogP contribution < -0.4 is 24.7 Å². The number of carbonyl (C=O) groups excluding carboxylic acids is 4. The number of aliphatic hydroxyl groups excluding tert-OH is 4. The number of nitrogens with two attached hydrogens (primary N) is 1. The number of hydrogen-bond donors (Lipinski definition) is 6. The van der Waals surface area contributed by atoms with Gasteiger partial charge in [-0.1, -0.05) is 67.5 Å². The van der Waals surface area contributed by atoms with Crippen LogP contribution in [0.1, 0.15) is 124 Å². The van der Waals surface area contributed by atoms with Gasteiger partial charge in [-0.15, -0.1) is 0 Å². The molecule has 11 rings (SSSR count). The predicted molar refractivity (Wildman–Crippen MR) is 296 cm³/mol. The summed E-state index contributed by atoms with van der Waals surface area (Å²) in [6.07, 6.45) is 3.27. The van der Waals surface area contributed by atoms with Crippen molar-refractivity contribution in [1.82, 2.24) is 4.90 Å². The molecule has 0 amide bonds. The molecule has 3 aromatic carbocycles. The fourth-order valence-corrected chi connectivity index (χ4v) is 13.2. The zero-order valence-corrected chi connectivity index (χ0v) is 46.7. The third-order valence-electron chi connectivity index (χ3n) is 17.1. The minimum atomic E-state index is -2.35. The Morgan fingerprint density at radius 2 is 1.60 bits per heavy atom. The molecule has 3 aromatic rings. The Balaban J connectivity index is 1.25. The number of rotatable bonds is 16. The maximum absolute atomic E-state index is 15.9. The van der Waals surface area contributed by atoms with E-state index in [4.69, 9.17) is 34.2 Å². The van der Waals surface area contributed by atoms with Gasteiger partial charge in [0.05, 0.1) is 41.8 Å². The zero-order valence-electron chi connectivity index (χ0n) is 46.7. The fraction of sp³-hybridized carbons (Fsp3) is 0.460. The van der Waals surface area contributed by atoms with E-state index in [1.54, 1.807) is 19.1 Å². The molecular formula is C63H72N2O15. The van der Waals surface area contributed by atoms with Crippen molar-refractivity contribution < 1.29 is 73.1 Å². The van der Waals surface area contributed by atoms with E-state index in [1.165, 1.54) is 37.5 Å². The normalized spacial score (nSPS) is 29.7. The van der Waals surface area contributed by atoms with Gasteiger partial charge >= 0.3 is 11.9 Å². The molecule has 424 valence electrons. The highest BCUT2D eigenvalue weighted by atomic mass is 16.7. The second kappa shape index (κ2) is 21.3. The standard InChI is InChI=1S/C63H72N2O15/c1-31(2)13-12-24-61(8)25-23-40-54(79-61)39(21-16-32(3)4)56-46(55(40)78-59(73)35-17-19-36(20-18-35)76-60-53(70)52(69)51(68)43(30-66)77-60)49-47-44(45-48(65(49)28-27-64)37-14-10-11-15-38(37)50(45)67)41-29-42(33(5)6)63(47,80-56)62(74,57(41)71)26-22-34(7)58(72)75-9/h10-11,13-20,22-23,25,33,41-44,51-53,60,66,68-70,74H,12,21,24,26-30,64H2,1-9H3/t41?,42?,43-,44?,51-,52+,53-,60-,61?,62?,63?/m1/s1. The van der Waals surface area contributed by atoms with Crippen molar-refractivity contribution in [2.45, 2.75) is 135 Å². The van der Waals surface area contributed by atoms with Crippen molar-refractivity contribution in [3.63, 3.8) is 0 Å². The summed E-state index contributed by atoms with van der Waals surface area (Å²) in [6, 6.07) is 13.1. The molecular weight excluding hydrogens is 1020 g/mol. The van der Waals surface area contributed by atoms with Gasteiger partial charge in [0, 0.05) is 70.7 Å². The number of Topliss-reactive ketones (excluding diaryl/α,β-unsaturated/α-hetero) is 2. The Labute approximate surface area is 465 Å². The SMILES string of the molecule is COC(=O)C(C)=CCC1(O)C(=O)C2CC(C(C)C)C13Oc1c(CC=C(C)C)c4c(c(OC(=O)c5ccc(O[C@@H]6O[C@H](CO)[C@@H](O)[C@H](O)[C@H]6O)cc5)c1C1=C3C2C2=C(c3ccccc3C2=O)N1CCN)C=CC(C)(CCC=C(C)C)O4. The maximum Gasteiger partial charge on any atom is 0.343 e. The molecule has 80 heavy (non-hydrogen) atoms. The van der Waals surface area contributed by atoms with Crippen molar-refractivity contribution in [2.24, 2.45) is 29.4 Å². The molecule has 0 aromatic heterocycles. The highest BCUT2D eigenvalue weighted by molar-refractivity contribution is 6.23. The second-order valence-electron chi connectivity index (χ2n) is 23.2. The second-order valence-corrected chi connectivity index (χ2v) is 23.2. The number of methoxy groups -OCH3 is 1. The first kappa shape index (κ1) is 56.6. The molecule has 4 fully saturated rings. The van der Waals surface area contributed by atoms with E-state index in [-0.39, 0.29) is 72.4 Å². The summed E-state index contributed by atoms with van der Waals surface area (Å²) in [5, 5.41) is 55.3. The lowest BCUT2D eigenvalue weighted by molar-refractivity contribution is -0.277. The number of esters is 2. The van der Waals surface area contributed by atoms with E-state index in [9.17, 15) is 30.3 Å². The van der Waals surface area contributed by atoms with Crippen LogP contribution in [0.3, 0.4) is 0 Å². The lowest BCUT2D eigenvalue weighted by atomic mass is 9.43. The number of allylic oxidation sites excluding steroid dienone is 5. The van der Waals surface area contributed by atoms with Crippen LogP contribution in [0.5, 0.6) is 23.0 Å². The van der Waals surface area contributed by atoms with Gasteiger partial charge in [-0.2, -0.15) is 0 Å². The van der Waals surface area contributed by atoms with Gasteiger partial charge < -0.3 is 64.6 Å². The number of hydrogen-bond acceptors (Lipinski definition) is 17. The van der Waals surface area contributed by atoms with E-state index in [1.807, 2.05) is 83.7 Å². The van der Waals surface area contributed by atoms with Crippen LogP contribution in [0.4, 0.5) is 0 Å². The van der Waals surface area contributed by atoms with Gasteiger partial charge in [-0.25, -0.2) is 9.59 Å². The predicted octanol–water partition coefficient (Wildman–Crippen LogP) is 6.96. The van der Waals surface area contributed by atoms with E-state index in [0.29, 0.717) is 68.9 Å². The van der Waals surface area contributed by atoms with Crippen molar-refractivity contribution in [3.8, 4) is 23.0 Å². The largest absolute Gasteiger partial charge is 0.482 e. The van der Waals surface area contributed by atoms with Crippen molar-refractivity contribution in [2.75, 3.05) is 26.8 Å². The number of nitrogens with zero attached hydrogens (tertiary/aromatic N) is 1. The minimum Gasteiger partial charge on any atom is -0.482 e. The summed E-state index contributed by atoms with van der Waals surface area (Å²) in [6.45, 7) is 15.1. The van der Waals surface area contributed by atoms with Gasteiger partial charge in [-0.3, -0.25) is 9.59 Å². The third-order valence-corrected chi connectivity index (χ3v) is 17.1. The monoisotopic (exact) mass is 1100 g/mol. The summed E-state index contributed by atoms with van der Waals surface area (Å²) in [5.41, 5.74) is 8.12. The Kier molecular flexibility index (Phi) is 15.1. The van der Waals surface area contributed by atoms with Gasteiger partial charge in [0.25, 0.3) is 0 Å². The molecule has 17 heteroatoms. The van der Waals surface area contributed by atoms with Gasteiger partial charge in [0.1, 0.15) is 47.3 Å². The first-order chi connectivity index (χ1) is 38.1. The highest BCUT2D eigenvalue weighted by Crippen LogP contribution is 2.71. The van der Waals surface area contributed by atoms with Crippen LogP contribution >= 0.6 is 0 Å². The number of benzene rings is 3. The number of ether oxygens (including phenoxy) is 6. The summed E-state index contributed by atoms with van der Waals surface area (Å²) < 4.78 is 38.5. The van der Waals surface area contributed by atoms with Crippen molar-refractivity contribution in [1.29, 1.82) is 0 Å². The Hall–Kier alpha value is -6.70. The van der Waals surface area contributed by atoms with E-state index < -0.39 is 89.6 Å². The van der Waals surface area contributed by atoms with Crippen LogP contribution in [-0.4, -0.2) is 128 Å². The Morgan fingerprint density at radius 1 is 0.900 bits per heavy atom. The van der Waals surface area contributed by atoms with E-state index >= 15 is 14.4 Å². The topological polar surface area (TPSA) is 254 Å². The first-order valence-corrected chi connectivity index (χ1v) is 27.5. The fourth-order valence-electron chi connectivity index (χ4n) is 13.2. The zero-order chi connectivity index (χ0) is 57.5. The van der Waals surface area contributed by atoms with Gasteiger partial charge in [0.15, 0.2) is 28.5 Å². The van der Waals surface area contributed by atoms with Crippen LogP contribution in [-0.2, 0) is 25.5 Å².